The van der Waals surface area contributed by atoms with Crippen LogP contribution in [0.5, 0.6) is 0 Å². The van der Waals surface area contributed by atoms with Crippen molar-refractivity contribution in [3.63, 3.8) is 0 Å². The molecule has 8 heterocycles. The SMILES string of the molecule is c1ccc2c(c1)oc1cccc(-c3nc(-n4c5ncccc5c5cccnc54)nc(-n4c5ncccc5c5cccnc54)n3)c12. The Morgan fingerprint density at radius 1 is 0.422 bits per heavy atom. The van der Waals surface area contributed by atoms with E-state index >= 15 is 0 Å². The number of pyridine rings is 4. The van der Waals surface area contributed by atoms with Crippen molar-refractivity contribution < 1.29 is 4.42 Å². The van der Waals surface area contributed by atoms with Crippen molar-refractivity contribution >= 4 is 66.1 Å². The molecule has 0 aliphatic rings. The highest BCUT2D eigenvalue weighted by Crippen LogP contribution is 2.37. The predicted molar refractivity (Wildman–Crippen MR) is 172 cm³/mol. The van der Waals surface area contributed by atoms with Gasteiger partial charge < -0.3 is 4.42 Å². The number of hydrogen-bond donors (Lipinski definition) is 0. The Labute approximate surface area is 253 Å². The number of nitrogens with zero attached hydrogens (tertiary/aromatic N) is 9. The average molecular weight is 582 g/mol. The molecular formula is C35H19N9O. The van der Waals surface area contributed by atoms with E-state index in [1.807, 2.05) is 94.1 Å². The second kappa shape index (κ2) is 8.98. The molecule has 0 fully saturated rings. The molecule has 0 unspecified atom stereocenters. The van der Waals surface area contributed by atoms with Gasteiger partial charge in [-0.2, -0.15) is 15.0 Å². The fraction of sp³-hybridized carbons (Fsp3) is 0. The Morgan fingerprint density at radius 2 is 0.889 bits per heavy atom. The Balaban J connectivity index is 1.36. The van der Waals surface area contributed by atoms with Crippen molar-refractivity contribution in [3.8, 4) is 23.3 Å². The van der Waals surface area contributed by atoms with E-state index < -0.39 is 0 Å². The van der Waals surface area contributed by atoms with E-state index in [0.717, 1.165) is 49.0 Å². The van der Waals surface area contributed by atoms with Gasteiger partial charge in [-0.25, -0.2) is 29.1 Å². The molecule has 10 heteroatoms. The van der Waals surface area contributed by atoms with Crippen LogP contribution in [-0.4, -0.2) is 44.0 Å². The van der Waals surface area contributed by atoms with E-state index in [0.29, 0.717) is 40.3 Å². The van der Waals surface area contributed by atoms with Gasteiger partial charge in [0.25, 0.3) is 0 Å². The van der Waals surface area contributed by atoms with Crippen molar-refractivity contribution in [2.45, 2.75) is 0 Å². The van der Waals surface area contributed by atoms with Crippen LogP contribution in [0.15, 0.2) is 120 Å². The van der Waals surface area contributed by atoms with Crippen molar-refractivity contribution in [2.75, 3.05) is 0 Å². The van der Waals surface area contributed by atoms with Crippen LogP contribution in [0.3, 0.4) is 0 Å². The minimum absolute atomic E-state index is 0.374. The number of furan rings is 1. The van der Waals surface area contributed by atoms with E-state index in [1.54, 1.807) is 24.8 Å². The first kappa shape index (κ1) is 24.0. The highest BCUT2D eigenvalue weighted by molar-refractivity contribution is 6.12. The molecule has 0 amide bonds. The lowest BCUT2D eigenvalue weighted by Gasteiger charge is -2.11. The highest BCUT2D eigenvalue weighted by atomic mass is 16.3. The molecule has 0 N–H and O–H groups in total. The Kier molecular flexibility index (Phi) is 4.78. The maximum Gasteiger partial charge on any atom is 0.242 e. The van der Waals surface area contributed by atoms with Crippen LogP contribution in [0.2, 0.25) is 0 Å². The van der Waals surface area contributed by atoms with E-state index in [4.69, 9.17) is 39.3 Å². The van der Waals surface area contributed by atoms with Crippen LogP contribution < -0.4 is 0 Å². The van der Waals surface area contributed by atoms with E-state index in [1.165, 1.54) is 0 Å². The molecule has 45 heavy (non-hydrogen) atoms. The fourth-order valence-corrected chi connectivity index (χ4v) is 6.36. The van der Waals surface area contributed by atoms with Crippen molar-refractivity contribution in [1.29, 1.82) is 0 Å². The zero-order valence-corrected chi connectivity index (χ0v) is 23.4. The third kappa shape index (κ3) is 3.35. The summed E-state index contributed by atoms with van der Waals surface area (Å²) in [5.74, 6) is 1.22. The zero-order valence-electron chi connectivity index (χ0n) is 23.4. The van der Waals surface area contributed by atoms with Crippen LogP contribution in [0, 0.1) is 0 Å². The van der Waals surface area contributed by atoms with Crippen LogP contribution in [-0.2, 0) is 0 Å². The van der Waals surface area contributed by atoms with Crippen molar-refractivity contribution in [2.24, 2.45) is 0 Å². The summed E-state index contributed by atoms with van der Waals surface area (Å²) >= 11 is 0. The van der Waals surface area contributed by atoms with E-state index in [2.05, 4.69) is 6.07 Å². The predicted octanol–water partition coefficient (Wildman–Crippen LogP) is 7.21. The van der Waals surface area contributed by atoms with Crippen LogP contribution in [0.25, 0.3) is 89.4 Å². The number of rotatable bonds is 3. The first-order chi connectivity index (χ1) is 22.3. The topological polar surface area (TPSA) is 113 Å². The Hall–Kier alpha value is -6.55. The van der Waals surface area contributed by atoms with Gasteiger partial charge in [-0.3, -0.25) is 0 Å². The maximum absolute atomic E-state index is 6.23. The number of fused-ring (bicyclic) bond motifs is 9. The number of aromatic nitrogens is 9. The fourth-order valence-electron chi connectivity index (χ4n) is 6.36. The van der Waals surface area contributed by atoms with Gasteiger partial charge in [-0.15, -0.1) is 0 Å². The largest absolute Gasteiger partial charge is 0.456 e. The quantitative estimate of drug-likeness (QED) is 0.215. The van der Waals surface area contributed by atoms with Crippen molar-refractivity contribution in [1.82, 2.24) is 44.0 Å². The molecule has 0 bridgehead atoms. The molecule has 10 nitrogen and oxygen atoms in total. The summed E-state index contributed by atoms with van der Waals surface area (Å²) < 4.78 is 10.0. The van der Waals surface area contributed by atoms with Gasteiger partial charge in [-0.05, 0) is 60.7 Å². The molecule has 10 rings (SSSR count). The zero-order chi connectivity index (χ0) is 29.5. The second-order valence-corrected chi connectivity index (χ2v) is 10.7. The third-order valence-electron chi connectivity index (χ3n) is 8.23. The second-order valence-electron chi connectivity index (χ2n) is 10.7. The van der Waals surface area contributed by atoms with E-state index in [-0.39, 0.29) is 0 Å². The van der Waals surface area contributed by atoms with Gasteiger partial charge in [0.15, 0.2) is 5.82 Å². The minimum Gasteiger partial charge on any atom is -0.456 e. The molecule has 0 saturated heterocycles. The smallest absolute Gasteiger partial charge is 0.242 e. The third-order valence-corrected chi connectivity index (χ3v) is 8.23. The lowest BCUT2D eigenvalue weighted by molar-refractivity contribution is 0.669. The van der Waals surface area contributed by atoms with Crippen molar-refractivity contribution in [3.05, 3.63) is 116 Å². The Bertz CT molecular complexity index is 2550. The molecule has 0 aliphatic heterocycles. The Morgan fingerprint density at radius 3 is 1.42 bits per heavy atom. The monoisotopic (exact) mass is 581 g/mol. The number of benzene rings is 2. The van der Waals surface area contributed by atoms with Gasteiger partial charge >= 0.3 is 0 Å². The molecule has 10 aromatic rings. The summed E-state index contributed by atoms with van der Waals surface area (Å²) in [5, 5.41) is 5.71. The summed E-state index contributed by atoms with van der Waals surface area (Å²) in [6, 6.07) is 29.7. The lowest BCUT2D eigenvalue weighted by atomic mass is 10.1. The van der Waals surface area contributed by atoms with Crippen LogP contribution in [0.1, 0.15) is 0 Å². The first-order valence-corrected chi connectivity index (χ1v) is 14.4. The minimum atomic E-state index is 0.374. The summed E-state index contributed by atoms with van der Waals surface area (Å²) in [4.78, 5) is 34.3. The number of para-hydroxylation sites is 1. The summed E-state index contributed by atoms with van der Waals surface area (Å²) in [6.45, 7) is 0. The molecule has 210 valence electrons. The molecule has 0 saturated carbocycles. The standard InChI is InChI=1S/C35H19N9O/c1-2-14-26-24(8-1)28-25(9-3-15-27(28)45-26)29-40-34(43-30-20(10-4-16-36-30)21-11-5-17-37-31(21)43)42-35(41-29)44-32-22(12-6-18-38-32)23-13-7-19-39-33(23)44/h1-19H. The van der Waals surface area contributed by atoms with Crippen LogP contribution >= 0.6 is 0 Å². The first-order valence-electron chi connectivity index (χ1n) is 14.4. The summed E-state index contributed by atoms with van der Waals surface area (Å²) in [6.07, 6.45) is 7.06. The molecular weight excluding hydrogens is 562 g/mol. The van der Waals surface area contributed by atoms with Gasteiger partial charge in [0.05, 0.1) is 0 Å². The van der Waals surface area contributed by atoms with Gasteiger partial charge in [0, 0.05) is 62.7 Å². The van der Waals surface area contributed by atoms with Gasteiger partial charge in [0.2, 0.25) is 11.9 Å². The van der Waals surface area contributed by atoms with E-state index in [9.17, 15) is 0 Å². The highest BCUT2D eigenvalue weighted by Gasteiger charge is 2.23. The molecule has 0 spiro atoms. The lowest BCUT2D eigenvalue weighted by Crippen LogP contribution is -2.11. The summed E-state index contributed by atoms with van der Waals surface area (Å²) in [5.41, 5.74) is 5.13. The van der Waals surface area contributed by atoms with Gasteiger partial charge in [0.1, 0.15) is 33.8 Å². The van der Waals surface area contributed by atoms with Crippen LogP contribution in [0.4, 0.5) is 0 Å². The summed E-state index contributed by atoms with van der Waals surface area (Å²) in [7, 11) is 0. The number of hydrogen-bond acceptors (Lipinski definition) is 8. The molecule has 0 radical (unpaired) electrons. The average Bonchev–Trinajstić information content (AvgIpc) is 3.76. The molecule has 0 aliphatic carbocycles. The molecule has 2 aromatic carbocycles. The maximum atomic E-state index is 6.23. The van der Waals surface area contributed by atoms with Gasteiger partial charge in [-0.1, -0.05) is 30.3 Å². The normalized spacial score (nSPS) is 12.0. The molecule has 0 atom stereocenters. The molecule has 8 aromatic heterocycles.